The van der Waals surface area contributed by atoms with Gasteiger partial charge in [0.1, 0.15) is 30.2 Å². The van der Waals surface area contributed by atoms with Crippen LogP contribution >= 0.6 is 0 Å². The van der Waals surface area contributed by atoms with Crippen LogP contribution < -0.4 is 0 Å². The van der Waals surface area contributed by atoms with E-state index < -0.39 is 72.7 Å². The predicted molar refractivity (Wildman–Crippen MR) is 186 cm³/mol. The number of allylic oxidation sites excluding steroid dienone is 2. The Morgan fingerprint density at radius 1 is 1.00 bits per heavy atom. The molecule has 11 unspecified atom stereocenters. The van der Waals surface area contributed by atoms with Gasteiger partial charge in [-0.05, 0) is 75.2 Å². The Bertz CT molecular complexity index is 1280. The second kappa shape index (κ2) is 19.0. The van der Waals surface area contributed by atoms with Gasteiger partial charge in [-0.3, -0.25) is 14.4 Å². The molecule has 0 spiro atoms. The Hall–Kier alpha value is -2.73. The third kappa shape index (κ3) is 11.7. The van der Waals surface area contributed by atoms with Gasteiger partial charge in [0, 0.05) is 24.7 Å². The first-order valence-electron chi connectivity index (χ1n) is 17.8. The average Bonchev–Trinajstić information content (AvgIpc) is 3.75. The highest BCUT2D eigenvalue weighted by atomic mass is 16.6. The molecule has 3 aliphatic heterocycles. The minimum absolute atomic E-state index is 0.0464. The van der Waals surface area contributed by atoms with E-state index in [-0.39, 0.29) is 36.4 Å². The van der Waals surface area contributed by atoms with Crippen molar-refractivity contribution in [1.82, 2.24) is 0 Å². The number of aliphatic hydroxyl groups is 4. The molecule has 3 rings (SSSR count). The topological polar surface area (TPSA) is 160 Å². The molecule has 0 aromatic carbocycles. The van der Waals surface area contributed by atoms with E-state index in [4.69, 9.17) is 14.2 Å². The second-order valence-electron chi connectivity index (χ2n) is 14.2. The lowest BCUT2D eigenvalue weighted by atomic mass is 9.87. The zero-order valence-corrected chi connectivity index (χ0v) is 29.9. The van der Waals surface area contributed by atoms with E-state index >= 15 is 0 Å². The molecule has 0 aromatic rings. The van der Waals surface area contributed by atoms with Crippen LogP contribution in [0, 0.1) is 11.8 Å². The number of cyclic esters (lactones) is 1. The summed E-state index contributed by atoms with van der Waals surface area (Å²) in [6.07, 6.45) is 2.84. The predicted octanol–water partition coefficient (Wildman–Crippen LogP) is 4.78. The summed E-state index contributed by atoms with van der Waals surface area (Å²) in [6.45, 7) is 17.0. The van der Waals surface area contributed by atoms with E-state index in [1.165, 1.54) is 0 Å². The number of ketones is 2. The number of hydrogen-bond donors (Lipinski definition) is 4. The number of carbonyl (C=O) groups excluding carboxylic acids is 3. The van der Waals surface area contributed by atoms with Crippen LogP contribution in [0.15, 0.2) is 59.8 Å². The Labute approximate surface area is 291 Å². The van der Waals surface area contributed by atoms with E-state index in [1.807, 2.05) is 0 Å². The van der Waals surface area contributed by atoms with Gasteiger partial charge in [-0.2, -0.15) is 0 Å². The number of unbranched alkanes of at least 4 members (excludes halogenated alkanes) is 1. The standard InChI is InChI=1S/C39H58O10/c1-8-9-11-22(2)37(44)23(3)12-10-13-33-34-17-16-32(48-34)31(42)19-25(5)29(40)21-30(41)27(7)24(4)18-26(6)38(45)39(46)35-15-14-28(47-35)20-36(43)49-33/h10,12-13,18,25,27-28,30,32-35,37-39,41,44-46H,2,6,8-9,11,14-17,19-21H2,1,3-5,7H3/b13-10+,23-12+,24-18+. The highest BCUT2D eigenvalue weighted by Crippen LogP contribution is 2.31. The third-order valence-corrected chi connectivity index (χ3v) is 10.2. The molecular formula is C39H58O10. The molecule has 3 heterocycles. The summed E-state index contributed by atoms with van der Waals surface area (Å²) >= 11 is 0. The van der Waals surface area contributed by atoms with Crippen LogP contribution in [-0.4, -0.2) is 92.9 Å². The molecule has 2 fully saturated rings. The molecule has 4 bridgehead atoms. The Balaban J connectivity index is 1.84. The summed E-state index contributed by atoms with van der Waals surface area (Å²) in [4.78, 5) is 39.5. The fourth-order valence-corrected chi connectivity index (χ4v) is 6.54. The molecule has 0 saturated carbocycles. The van der Waals surface area contributed by atoms with Crippen molar-refractivity contribution >= 4 is 17.5 Å². The number of aliphatic hydroxyl groups excluding tert-OH is 4. The van der Waals surface area contributed by atoms with E-state index in [1.54, 1.807) is 52.0 Å². The third-order valence-electron chi connectivity index (χ3n) is 10.2. The zero-order valence-electron chi connectivity index (χ0n) is 29.9. The summed E-state index contributed by atoms with van der Waals surface area (Å²) < 4.78 is 18.0. The highest BCUT2D eigenvalue weighted by molar-refractivity contribution is 5.90. The molecule has 0 amide bonds. The molecule has 0 aromatic heterocycles. The molecule has 11 atom stereocenters. The van der Waals surface area contributed by atoms with Crippen LogP contribution in [0.2, 0.25) is 0 Å². The fraction of sp³-hybridized carbons (Fsp3) is 0.667. The van der Waals surface area contributed by atoms with Gasteiger partial charge in [0.15, 0.2) is 5.78 Å². The van der Waals surface area contributed by atoms with E-state index in [0.717, 1.165) is 18.4 Å². The van der Waals surface area contributed by atoms with Crippen LogP contribution in [0.25, 0.3) is 0 Å². The lowest BCUT2D eigenvalue weighted by Crippen LogP contribution is -2.38. The summed E-state index contributed by atoms with van der Waals surface area (Å²) in [5, 5.41) is 43.3. The van der Waals surface area contributed by atoms with E-state index in [0.29, 0.717) is 43.3 Å². The molecule has 10 heteroatoms. The maximum absolute atomic E-state index is 13.3. The average molecular weight is 687 g/mol. The maximum Gasteiger partial charge on any atom is 0.309 e. The summed E-state index contributed by atoms with van der Waals surface area (Å²) in [5.74, 6) is -2.11. The van der Waals surface area contributed by atoms with Gasteiger partial charge >= 0.3 is 5.97 Å². The Morgan fingerprint density at radius 3 is 2.39 bits per heavy atom. The van der Waals surface area contributed by atoms with Crippen LogP contribution in [0.5, 0.6) is 0 Å². The van der Waals surface area contributed by atoms with Crippen molar-refractivity contribution in [3.8, 4) is 0 Å². The van der Waals surface area contributed by atoms with Crippen LogP contribution in [0.1, 0.15) is 98.8 Å². The smallest absolute Gasteiger partial charge is 0.309 e. The lowest BCUT2D eigenvalue weighted by Gasteiger charge is -2.26. The van der Waals surface area contributed by atoms with Crippen molar-refractivity contribution in [2.75, 3.05) is 0 Å². The van der Waals surface area contributed by atoms with Gasteiger partial charge in [0.25, 0.3) is 0 Å². The van der Waals surface area contributed by atoms with Crippen LogP contribution in [0.3, 0.4) is 0 Å². The molecule has 2 saturated heterocycles. The summed E-state index contributed by atoms with van der Waals surface area (Å²) in [7, 11) is 0. The molecule has 274 valence electrons. The summed E-state index contributed by atoms with van der Waals surface area (Å²) in [6, 6.07) is 0. The van der Waals surface area contributed by atoms with Crippen molar-refractivity contribution in [1.29, 1.82) is 0 Å². The number of rotatable bonds is 7. The first kappa shape index (κ1) is 40.7. The monoisotopic (exact) mass is 686 g/mol. The molecule has 49 heavy (non-hydrogen) atoms. The van der Waals surface area contributed by atoms with Gasteiger partial charge in [0.2, 0.25) is 0 Å². The van der Waals surface area contributed by atoms with Crippen molar-refractivity contribution in [3.05, 3.63) is 59.8 Å². The maximum atomic E-state index is 13.3. The van der Waals surface area contributed by atoms with E-state index in [9.17, 15) is 34.8 Å². The number of esters is 1. The lowest BCUT2D eigenvalue weighted by molar-refractivity contribution is -0.158. The fourth-order valence-electron chi connectivity index (χ4n) is 6.54. The van der Waals surface area contributed by atoms with Gasteiger partial charge in [-0.1, -0.05) is 64.2 Å². The Kier molecular flexibility index (Phi) is 15.8. The first-order valence-corrected chi connectivity index (χ1v) is 17.8. The number of carbonyl (C=O) groups is 3. The highest BCUT2D eigenvalue weighted by Gasteiger charge is 2.39. The number of Topliss-reactive ketones (excluding diaryl/α,β-unsaturated/α-hetero) is 2. The minimum Gasteiger partial charge on any atom is -0.455 e. The van der Waals surface area contributed by atoms with Gasteiger partial charge in [0.05, 0.1) is 36.9 Å². The number of hydrogen-bond acceptors (Lipinski definition) is 10. The molecule has 0 radical (unpaired) electrons. The number of fused-ring (bicyclic) bond motifs is 4. The number of ether oxygens (including phenoxy) is 3. The van der Waals surface area contributed by atoms with Gasteiger partial charge in [-0.15, -0.1) is 0 Å². The zero-order chi connectivity index (χ0) is 36.4. The van der Waals surface area contributed by atoms with Gasteiger partial charge in [-0.25, -0.2) is 0 Å². The van der Waals surface area contributed by atoms with Crippen molar-refractivity contribution in [2.45, 2.75) is 154 Å². The SMILES string of the molecule is C=C(CCCC)C(O)/C(C)=C/C=C/C1OC(=O)CC2CCC(O2)C(O)C(O)C(=C)/C=C(\C)C(C)C(O)CC(=O)C(C)CC(=O)C2CCC1O2. The second-order valence-corrected chi connectivity index (χ2v) is 14.2. The molecular weight excluding hydrogens is 628 g/mol. The van der Waals surface area contributed by atoms with E-state index in [2.05, 4.69) is 20.1 Å². The molecule has 10 nitrogen and oxygen atoms in total. The van der Waals surface area contributed by atoms with Crippen molar-refractivity contribution in [2.24, 2.45) is 11.8 Å². The quantitative estimate of drug-likeness (QED) is 0.167. The summed E-state index contributed by atoms with van der Waals surface area (Å²) in [5.41, 5.74) is 2.31. The molecule has 3 aliphatic rings. The normalized spacial score (nSPS) is 36.5. The largest absolute Gasteiger partial charge is 0.455 e. The van der Waals surface area contributed by atoms with Crippen LogP contribution in [-0.2, 0) is 28.6 Å². The van der Waals surface area contributed by atoms with Gasteiger partial charge < -0.3 is 34.6 Å². The Morgan fingerprint density at radius 2 is 1.69 bits per heavy atom. The van der Waals surface area contributed by atoms with Crippen molar-refractivity contribution in [3.63, 3.8) is 0 Å². The first-order chi connectivity index (χ1) is 23.1. The van der Waals surface area contributed by atoms with Crippen LogP contribution in [0.4, 0.5) is 0 Å². The minimum atomic E-state index is -1.35. The van der Waals surface area contributed by atoms with Crippen molar-refractivity contribution < 1.29 is 49.0 Å². The molecule has 0 aliphatic carbocycles. The molecule has 4 N–H and O–H groups in total.